The van der Waals surface area contributed by atoms with Crippen LogP contribution in [0.25, 0.3) is 6.08 Å². The first-order valence-electron chi connectivity index (χ1n) is 10.9. The Morgan fingerprint density at radius 1 is 0.882 bits per heavy atom. The number of non-ortho nitro benzene ring substituents is 1. The van der Waals surface area contributed by atoms with Gasteiger partial charge in [-0.3, -0.25) is 19.7 Å². The predicted molar refractivity (Wildman–Crippen MR) is 132 cm³/mol. The molecule has 8 heteroatoms. The van der Waals surface area contributed by atoms with Crippen molar-refractivity contribution in [3.05, 3.63) is 106 Å². The molecule has 0 aliphatic carbocycles. The highest BCUT2D eigenvalue weighted by molar-refractivity contribution is 6.02. The van der Waals surface area contributed by atoms with Crippen molar-refractivity contribution in [2.45, 2.75) is 0 Å². The van der Waals surface area contributed by atoms with E-state index in [-0.39, 0.29) is 17.5 Å². The zero-order valence-corrected chi connectivity index (χ0v) is 18.5. The summed E-state index contributed by atoms with van der Waals surface area (Å²) < 4.78 is 0. The van der Waals surface area contributed by atoms with Gasteiger partial charge < -0.3 is 15.1 Å². The number of nitrogens with zero attached hydrogens (tertiary/aromatic N) is 3. The van der Waals surface area contributed by atoms with Gasteiger partial charge in [0.1, 0.15) is 0 Å². The minimum atomic E-state index is -0.472. The summed E-state index contributed by atoms with van der Waals surface area (Å²) in [5.74, 6) is -0.274. The first-order valence-corrected chi connectivity index (χ1v) is 10.9. The van der Waals surface area contributed by atoms with Gasteiger partial charge in [-0.1, -0.05) is 30.3 Å². The van der Waals surface area contributed by atoms with Crippen LogP contribution in [0, 0.1) is 10.1 Å². The average Bonchev–Trinajstić information content (AvgIpc) is 2.88. The van der Waals surface area contributed by atoms with Gasteiger partial charge in [0, 0.05) is 61.3 Å². The normalized spacial score (nSPS) is 13.6. The number of carbonyl (C=O) groups is 2. The number of hydrogen-bond acceptors (Lipinski definition) is 5. The van der Waals surface area contributed by atoms with E-state index in [0.717, 1.165) is 18.8 Å². The topological polar surface area (TPSA) is 95.8 Å². The first-order chi connectivity index (χ1) is 16.5. The fourth-order valence-corrected chi connectivity index (χ4v) is 3.78. The highest BCUT2D eigenvalue weighted by Gasteiger charge is 2.22. The molecule has 1 aliphatic heterocycles. The molecule has 0 radical (unpaired) electrons. The van der Waals surface area contributed by atoms with E-state index in [1.165, 1.54) is 24.3 Å². The summed E-state index contributed by atoms with van der Waals surface area (Å²) in [4.78, 5) is 39.3. The van der Waals surface area contributed by atoms with Gasteiger partial charge in [-0.05, 0) is 48.0 Å². The number of piperazine rings is 1. The fourth-order valence-electron chi connectivity index (χ4n) is 3.78. The van der Waals surface area contributed by atoms with Crippen LogP contribution in [0.5, 0.6) is 0 Å². The van der Waals surface area contributed by atoms with E-state index < -0.39 is 4.92 Å². The van der Waals surface area contributed by atoms with Gasteiger partial charge in [-0.25, -0.2) is 0 Å². The van der Waals surface area contributed by atoms with Crippen molar-refractivity contribution in [1.29, 1.82) is 0 Å². The molecule has 2 amide bonds. The third-order valence-corrected chi connectivity index (χ3v) is 5.60. The fraction of sp³-hybridized carbons (Fsp3) is 0.154. The van der Waals surface area contributed by atoms with E-state index in [0.29, 0.717) is 29.9 Å². The molecule has 1 N–H and O–H groups in total. The zero-order chi connectivity index (χ0) is 23.9. The van der Waals surface area contributed by atoms with Crippen LogP contribution in [0.1, 0.15) is 15.9 Å². The van der Waals surface area contributed by atoms with Crippen molar-refractivity contribution in [2.75, 3.05) is 36.4 Å². The summed E-state index contributed by atoms with van der Waals surface area (Å²) in [5, 5.41) is 13.6. The number of rotatable bonds is 6. The van der Waals surface area contributed by atoms with E-state index in [1.807, 2.05) is 59.5 Å². The molecule has 0 atom stereocenters. The predicted octanol–water partition coefficient (Wildman–Crippen LogP) is 4.21. The standard InChI is InChI=1S/C26H24N4O4/c31-25(14-9-20-5-4-8-24(19-20)30(33)34)27-22-10-12-23(13-11-22)28-15-17-29(18-16-28)26(32)21-6-2-1-3-7-21/h1-14,19H,15-18H2,(H,27,31). The molecule has 3 aromatic carbocycles. The van der Waals surface area contributed by atoms with Crippen molar-refractivity contribution < 1.29 is 14.5 Å². The molecular weight excluding hydrogens is 432 g/mol. The molecule has 1 heterocycles. The molecule has 34 heavy (non-hydrogen) atoms. The van der Waals surface area contributed by atoms with Crippen LogP contribution >= 0.6 is 0 Å². The van der Waals surface area contributed by atoms with Gasteiger partial charge in [0.05, 0.1) is 4.92 Å². The number of nitrogens with one attached hydrogen (secondary N) is 1. The Hall–Kier alpha value is -4.46. The van der Waals surface area contributed by atoms with Crippen LogP contribution in [0.2, 0.25) is 0 Å². The van der Waals surface area contributed by atoms with Crippen LogP contribution in [0.3, 0.4) is 0 Å². The summed E-state index contributed by atoms with van der Waals surface area (Å²) in [6.07, 6.45) is 2.88. The summed E-state index contributed by atoms with van der Waals surface area (Å²) in [5.41, 5.74) is 2.93. The molecule has 8 nitrogen and oxygen atoms in total. The third kappa shape index (κ3) is 5.66. The zero-order valence-electron chi connectivity index (χ0n) is 18.5. The Balaban J connectivity index is 1.29. The number of nitro benzene ring substituents is 1. The molecule has 3 aromatic rings. The molecule has 1 aliphatic rings. The van der Waals surface area contributed by atoms with E-state index in [9.17, 15) is 19.7 Å². The van der Waals surface area contributed by atoms with Crippen molar-refractivity contribution in [1.82, 2.24) is 4.90 Å². The lowest BCUT2D eigenvalue weighted by Crippen LogP contribution is -2.48. The number of amides is 2. The molecule has 1 fully saturated rings. The largest absolute Gasteiger partial charge is 0.368 e. The van der Waals surface area contributed by atoms with E-state index in [1.54, 1.807) is 12.1 Å². The Bertz CT molecular complexity index is 1200. The maximum atomic E-state index is 12.6. The SMILES string of the molecule is O=C(C=Cc1cccc([N+](=O)[O-])c1)Nc1ccc(N2CCN(C(=O)c3ccccc3)CC2)cc1. The minimum Gasteiger partial charge on any atom is -0.368 e. The first kappa shape index (κ1) is 22.7. The molecule has 1 saturated heterocycles. The maximum Gasteiger partial charge on any atom is 0.270 e. The number of nitro groups is 1. The van der Waals surface area contributed by atoms with Crippen LogP contribution in [-0.4, -0.2) is 47.8 Å². The molecule has 4 rings (SSSR count). The van der Waals surface area contributed by atoms with Crippen molar-refractivity contribution >= 4 is 35.0 Å². The van der Waals surface area contributed by atoms with E-state index >= 15 is 0 Å². The summed E-state index contributed by atoms with van der Waals surface area (Å²) in [7, 11) is 0. The Kier molecular flexibility index (Phi) is 6.98. The van der Waals surface area contributed by atoms with Gasteiger partial charge >= 0.3 is 0 Å². The second-order valence-corrected chi connectivity index (χ2v) is 7.87. The number of anilines is 2. The van der Waals surface area contributed by atoms with E-state index in [4.69, 9.17) is 0 Å². The summed E-state index contributed by atoms with van der Waals surface area (Å²) >= 11 is 0. The molecule has 172 valence electrons. The molecule has 0 spiro atoms. The number of hydrogen-bond donors (Lipinski definition) is 1. The van der Waals surface area contributed by atoms with Crippen molar-refractivity contribution in [3.63, 3.8) is 0 Å². The third-order valence-electron chi connectivity index (χ3n) is 5.60. The Labute approximate surface area is 197 Å². The lowest BCUT2D eigenvalue weighted by atomic mass is 10.1. The lowest BCUT2D eigenvalue weighted by Gasteiger charge is -2.36. The Morgan fingerprint density at radius 2 is 1.59 bits per heavy atom. The van der Waals surface area contributed by atoms with Gasteiger partial charge in [0.25, 0.3) is 11.6 Å². The van der Waals surface area contributed by atoms with Crippen LogP contribution in [0.4, 0.5) is 17.1 Å². The maximum absolute atomic E-state index is 12.6. The van der Waals surface area contributed by atoms with Crippen LogP contribution in [0.15, 0.2) is 84.9 Å². The van der Waals surface area contributed by atoms with Crippen molar-refractivity contribution in [3.8, 4) is 0 Å². The minimum absolute atomic E-state index is 0.0246. The number of carbonyl (C=O) groups excluding carboxylic acids is 2. The molecule has 0 bridgehead atoms. The van der Waals surface area contributed by atoms with Crippen molar-refractivity contribution in [2.24, 2.45) is 0 Å². The number of benzene rings is 3. The Morgan fingerprint density at radius 3 is 2.26 bits per heavy atom. The smallest absolute Gasteiger partial charge is 0.270 e. The lowest BCUT2D eigenvalue weighted by molar-refractivity contribution is -0.384. The highest BCUT2D eigenvalue weighted by atomic mass is 16.6. The monoisotopic (exact) mass is 456 g/mol. The quantitative estimate of drug-likeness (QED) is 0.341. The molecular formula is C26H24N4O4. The second-order valence-electron chi connectivity index (χ2n) is 7.87. The second kappa shape index (κ2) is 10.4. The van der Waals surface area contributed by atoms with Crippen LogP contribution < -0.4 is 10.2 Å². The van der Waals surface area contributed by atoms with Gasteiger partial charge in [0.15, 0.2) is 0 Å². The molecule has 0 unspecified atom stereocenters. The molecule has 0 aromatic heterocycles. The van der Waals surface area contributed by atoms with Gasteiger partial charge in [0.2, 0.25) is 5.91 Å². The summed E-state index contributed by atoms with van der Waals surface area (Å²) in [6, 6.07) is 22.9. The average molecular weight is 457 g/mol. The summed E-state index contributed by atoms with van der Waals surface area (Å²) in [6.45, 7) is 2.76. The van der Waals surface area contributed by atoms with Gasteiger partial charge in [-0.2, -0.15) is 0 Å². The molecule has 0 saturated carbocycles. The van der Waals surface area contributed by atoms with Crippen LogP contribution in [-0.2, 0) is 4.79 Å². The van der Waals surface area contributed by atoms with Gasteiger partial charge in [-0.15, -0.1) is 0 Å². The highest BCUT2D eigenvalue weighted by Crippen LogP contribution is 2.20. The van der Waals surface area contributed by atoms with E-state index in [2.05, 4.69) is 10.2 Å².